The molecule has 0 aliphatic heterocycles. The van der Waals surface area contributed by atoms with Crippen molar-refractivity contribution < 1.29 is 13.2 Å². The van der Waals surface area contributed by atoms with E-state index < -0.39 is 9.05 Å². The summed E-state index contributed by atoms with van der Waals surface area (Å²) in [5.41, 5.74) is 1.81. The number of hydrogen-bond acceptors (Lipinski definition) is 3. The van der Waals surface area contributed by atoms with Gasteiger partial charge < -0.3 is 4.74 Å². The van der Waals surface area contributed by atoms with Gasteiger partial charge in [-0.25, -0.2) is 8.42 Å². The highest BCUT2D eigenvalue weighted by molar-refractivity contribution is 8.13. The highest BCUT2D eigenvalue weighted by Crippen LogP contribution is 2.36. The summed E-state index contributed by atoms with van der Waals surface area (Å²) in [7, 11) is 3.32. The Kier molecular flexibility index (Phi) is 2.64. The maximum Gasteiger partial charge on any atom is 0.261 e. The molecule has 0 saturated heterocycles. The molecule has 0 fully saturated rings. The predicted molar refractivity (Wildman–Crippen MR) is 58.1 cm³/mol. The summed E-state index contributed by atoms with van der Waals surface area (Å²) in [6.07, 6.45) is 2.57. The Morgan fingerprint density at radius 1 is 1.27 bits per heavy atom. The normalized spacial score (nSPS) is 15.1. The minimum Gasteiger partial charge on any atom is -0.496 e. The van der Waals surface area contributed by atoms with Crippen LogP contribution < -0.4 is 4.74 Å². The van der Waals surface area contributed by atoms with Gasteiger partial charge in [0.25, 0.3) is 9.05 Å². The van der Waals surface area contributed by atoms with Crippen LogP contribution in [-0.4, -0.2) is 15.5 Å². The number of ether oxygens (including phenoxy) is 1. The lowest BCUT2D eigenvalue weighted by atomic mass is 10.1. The summed E-state index contributed by atoms with van der Waals surface area (Å²) >= 11 is 0. The van der Waals surface area contributed by atoms with Crippen LogP contribution in [0.3, 0.4) is 0 Å². The first-order chi connectivity index (χ1) is 7.04. The molecule has 3 nitrogen and oxygen atoms in total. The fourth-order valence-electron chi connectivity index (χ4n) is 2.06. The fourth-order valence-corrected chi connectivity index (χ4v) is 3.24. The standard InChI is InChI=1S/C10H11ClO3S/c1-14-9-5-6-10(15(11,12)13)8-4-2-3-7(8)9/h5-6H,2-4H2,1H3. The third kappa shape index (κ3) is 1.84. The molecule has 0 aromatic heterocycles. The molecule has 0 spiro atoms. The molecule has 0 saturated carbocycles. The number of methoxy groups -OCH3 is 1. The topological polar surface area (TPSA) is 43.4 Å². The lowest BCUT2D eigenvalue weighted by Gasteiger charge is -2.09. The first-order valence-electron chi connectivity index (χ1n) is 4.67. The highest BCUT2D eigenvalue weighted by Gasteiger charge is 2.24. The van der Waals surface area contributed by atoms with E-state index in [2.05, 4.69) is 0 Å². The third-order valence-corrected chi connectivity index (χ3v) is 4.09. The summed E-state index contributed by atoms with van der Waals surface area (Å²) in [4.78, 5) is 0.234. The van der Waals surface area contributed by atoms with Crippen LogP contribution in [0.2, 0.25) is 0 Å². The van der Waals surface area contributed by atoms with Crippen LogP contribution >= 0.6 is 10.7 Å². The minimum atomic E-state index is -3.64. The Balaban J connectivity index is 2.67. The SMILES string of the molecule is COc1ccc(S(=O)(=O)Cl)c2c1CCC2. The Morgan fingerprint density at radius 3 is 2.53 bits per heavy atom. The van der Waals surface area contributed by atoms with Crippen LogP contribution in [-0.2, 0) is 21.9 Å². The van der Waals surface area contributed by atoms with Gasteiger partial charge in [-0.2, -0.15) is 0 Å². The van der Waals surface area contributed by atoms with Crippen molar-refractivity contribution in [1.82, 2.24) is 0 Å². The first kappa shape index (κ1) is 10.8. The smallest absolute Gasteiger partial charge is 0.261 e. The Bertz CT molecular complexity index is 494. The van der Waals surface area contributed by atoms with E-state index in [1.165, 1.54) is 6.07 Å². The van der Waals surface area contributed by atoms with E-state index in [1.54, 1.807) is 13.2 Å². The molecule has 0 atom stereocenters. The van der Waals surface area contributed by atoms with Gasteiger partial charge in [-0.1, -0.05) is 0 Å². The molecule has 1 aromatic carbocycles. The van der Waals surface area contributed by atoms with Crippen molar-refractivity contribution in [3.63, 3.8) is 0 Å². The van der Waals surface area contributed by atoms with Crippen molar-refractivity contribution in [2.24, 2.45) is 0 Å². The molecule has 82 valence electrons. The van der Waals surface area contributed by atoms with E-state index in [-0.39, 0.29) is 4.90 Å². The highest BCUT2D eigenvalue weighted by atomic mass is 35.7. The number of rotatable bonds is 2. The molecule has 0 amide bonds. The lowest BCUT2D eigenvalue weighted by molar-refractivity contribution is 0.410. The van der Waals surface area contributed by atoms with Gasteiger partial charge in [0, 0.05) is 10.7 Å². The maximum absolute atomic E-state index is 11.3. The maximum atomic E-state index is 11.3. The molecule has 15 heavy (non-hydrogen) atoms. The van der Waals surface area contributed by atoms with Gasteiger partial charge >= 0.3 is 0 Å². The lowest BCUT2D eigenvalue weighted by Crippen LogP contribution is -1.99. The summed E-state index contributed by atoms with van der Waals surface area (Å²) in [5.74, 6) is 0.756. The molecule has 2 rings (SSSR count). The quantitative estimate of drug-likeness (QED) is 0.751. The van der Waals surface area contributed by atoms with Crippen molar-refractivity contribution in [2.75, 3.05) is 7.11 Å². The van der Waals surface area contributed by atoms with Crippen LogP contribution in [0.15, 0.2) is 17.0 Å². The van der Waals surface area contributed by atoms with E-state index in [0.29, 0.717) is 0 Å². The molecule has 0 N–H and O–H groups in total. The average molecular weight is 247 g/mol. The van der Waals surface area contributed by atoms with Crippen LogP contribution in [0.25, 0.3) is 0 Å². The van der Waals surface area contributed by atoms with Crippen molar-refractivity contribution >= 4 is 19.7 Å². The molecular weight excluding hydrogens is 236 g/mol. The van der Waals surface area contributed by atoms with Crippen molar-refractivity contribution in [3.8, 4) is 5.75 Å². The molecule has 1 aliphatic carbocycles. The van der Waals surface area contributed by atoms with Crippen molar-refractivity contribution in [1.29, 1.82) is 0 Å². The van der Waals surface area contributed by atoms with Crippen molar-refractivity contribution in [3.05, 3.63) is 23.3 Å². The monoisotopic (exact) mass is 246 g/mol. The van der Waals surface area contributed by atoms with Gasteiger partial charge in [-0.05, 0) is 42.5 Å². The second kappa shape index (κ2) is 3.68. The predicted octanol–water partition coefficient (Wildman–Crippen LogP) is 2.11. The zero-order valence-electron chi connectivity index (χ0n) is 8.29. The Morgan fingerprint density at radius 2 is 1.93 bits per heavy atom. The van der Waals surface area contributed by atoms with Crippen LogP contribution in [0.4, 0.5) is 0 Å². The summed E-state index contributed by atoms with van der Waals surface area (Å²) in [6.45, 7) is 0. The van der Waals surface area contributed by atoms with Gasteiger partial charge in [0.1, 0.15) is 5.75 Å². The molecular formula is C10H11ClO3S. The van der Waals surface area contributed by atoms with Gasteiger partial charge in [-0.15, -0.1) is 0 Å². The van der Waals surface area contributed by atoms with E-state index in [9.17, 15) is 8.42 Å². The molecule has 0 bridgehead atoms. The van der Waals surface area contributed by atoms with E-state index >= 15 is 0 Å². The minimum absolute atomic E-state index is 0.234. The number of fused-ring (bicyclic) bond motifs is 1. The van der Waals surface area contributed by atoms with E-state index in [1.807, 2.05) is 0 Å². The molecule has 1 aromatic rings. The molecule has 0 radical (unpaired) electrons. The Hall–Kier alpha value is -0.740. The van der Waals surface area contributed by atoms with Gasteiger partial charge in [0.15, 0.2) is 0 Å². The number of benzene rings is 1. The van der Waals surface area contributed by atoms with E-state index in [4.69, 9.17) is 15.4 Å². The Labute approximate surface area is 93.4 Å². The zero-order valence-corrected chi connectivity index (χ0v) is 9.86. The average Bonchev–Trinajstić information content (AvgIpc) is 2.62. The largest absolute Gasteiger partial charge is 0.496 e. The molecule has 0 heterocycles. The van der Waals surface area contributed by atoms with Crippen molar-refractivity contribution in [2.45, 2.75) is 24.2 Å². The molecule has 5 heteroatoms. The first-order valence-corrected chi connectivity index (χ1v) is 6.98. The van der Waals surface area contributed by atoms with Crippen LogP contribution in [0.1, 0.15) is 17.5 Å². The fraction of sp³-hybridized carbons (Fsp3) is 0.400. The summed E-state index contributed by atoms with van der Waals surface area (Å²) in [6, 6.07) is 3.19. The zero-order chi connectivity index (χ0) is 11.1. The van der Waals surface area contributed by atoms with Gasteiger partial charge in [0.2, 0.25) is 0 Å². The second-order valence-corrected chi connectivity index (χ2v) is 6.05. The molecule has 1 aliphatic rings. The second-order valence-electron chi connectivity index (χ2n) is 3.51. The van der Waals surface area contributed by atoms with E-state index in [0.717, 1.165) is 36.1 Å². The van der Waals surface area contributed by atoms with Crippen LogP contribution in [0, 0.1) is 0 Å². The number of halogens is 1. The summed E-state index contributed by atoms with van der Waals surface area (Å²) in [5, 5.41) is 0. The third-order valence-electron chi connectivity index (χ3n) is 2.68. The number of hydrogen-bond donors (Lipinski definition) is 0. The van der Waals surface area contributed by atoms with Gasteiger partial charge in [-0.3, -0.25) is 0 Å². The molecule has 0 unspecified atom stereocenters. The summed E-state index contributed by atoms with van der Waals surface area (Å²) < 4.78 is 27.8. The van der Waals surface area contributed by atoms with Crippen LogP contribution in [0.5, 0.6) is 5.75 Å². The van der Waals surface area contributed by atoms with Gasteiger partial charge in [0.05, 0.1) is 12.0 Å².